The third-order valence-electron chi connectivity index (χ3n) is 4.75. The van der Waals surface area contributed by atoms with Gasteiger partial charge in [-0.15, -0.1) is 0 Å². The van der Waals surface area contributed by atoms with Crippen molar-refractivity contribution in [2.75, 3.05) is 44.2 Å². The van der Waals surface area contributed by atoms with E-state index in [2.05, 4.69) is 34.5 Å². The lowest BCUT2D eigenvalue weighted by Gasteiger charge is -2.29. The normalized spacial score (nSPS) is 19.3. The number of amides is 1. The van der Waals surface area contributed by atoms with Gasteiger partial charge in [-0.2, -0.15) is 0 Å². The zero-order valence-electron chi connectivity index (χ0n) is 13.4. The van der Waals surface area contributed by atoms with Crippen LogP contribution in [0, 0.1) is 0 Å². The van der Waals surface area contributed by atoms with Crippen LogP contribution in [0.5, 0.6) is 0 Å². The van der Waals surface area contributed by atoms with Crippen molar-refractivity contribution in [1.82, 2.24) is 10.2 Å². The van der Waals surface area contributed by atoms with Crippen molar-refractivity contribution in [2.24, 2.45) is 0 Å². The van der Waals surface area contributed by atoms with E-state index in [4.69, 9.17) is 0 Å². The van der Waals surface area contributed by atoms with Gasteiger partial charge in [-0.1, -0.05) is 12.1 Å². The molecule has 2 aliphatic rings. The lowest BCUT2D eigenvalue weighted by atomic mass is 10.1. The highest BCUT2D eigenvalue weighted by atomic mass is 16.2. The second-order valence-corrected chi connectivity index (χ2v) is 6.34. The third-order valence-corrected chi connectivity index (χ3v) is 4.75. The molecule has 0 saturated carbocycles. The van der Waals surface area contributed by atoms with E-state index < -0.39 is 0 Å². The standard InChI is InChI=1S/C18H27N3O/c22-18(21-12-2-1-3-13-21)9-6-16-4-7-17(8-5-16)20-14-10-19-11-15-20/h4-5,7-8,19H,1-3,6,9-15H2. The molecule has 0 bridgehead atoms. The molecule has 2 aliphatic heterocycles. The fourth-order valence-electron chi connectivity index (χ4n) is 3.35. The molecule has 2 fully saturated rings. The van der Waals surface area contributed by atoms with Crippen molar-refractivity contribution < 1.29 is 4.79 Å². The molecule has 0 aliphatic carbocycles. The van der Waals surface area contributed by atoms with Crippen LogP contribution in [0.1, 0.15) is 31.2 Å². The Balaban J connectivity index is 1.49. The Bertz CT molecular complexity index is 474. The van der Waals surface area contributed by atoms with Crippen LogP contribution < -0.4 is 10.2 Å². The number of aryl methyl sites for hydroxylation is 1. The van der Waals surface area contributed by atoms with E-state index >= 15 is 0 Å². The molecule has 1 aromatic rings. The van der Waals surface area contributed by atoms with E-state index in [1.54, 1.807) is 0 Å². The molecular formula is C18H27N3O. The van der Waals surface area contributed by atoms with Crippen LogP contribution in [0.4, 0.5) is 5.69 Å². The predicted octanol–water partition coefficient (Wildman–Crippen LogP) is 2.04. The van der Waals surface area contributed by atoms with Crippen molar-refractivity contribution in [3.63, 3.8) is 0 Å². The second-order valence-electron chi connectivity index (χ2n) is 6.34. The first-order chi connectivity index (χ1) is 10.8. The van der Waals surface area contributed by atoms with Gasteiger partial charge in [0, 0.05) is 51.4 Å². The summed E-state index contributed by atoms with van der Waals surface area (Å²) in [5, 5.41) is 3.38. The Labute approximate surface area is 133 Å². The minimum absolute atomic E-state index is 0.325. The SMILES string of the molecule is O=C(CCc1ccc(N2CCNCC2)cc1)N1CCCCC1. The number of nitrogens with one attached hydrogen (secondary N) is 1. The van der Waals surface area contributed by atoms with Crippen molar-refractivity contribution in [2.45, 2.75) is 32.1 Å². The van der Waals surface area contributed by atoms with Gasteiger partial charge in [-0.3, -0.25) is 4.79 Å². The Morgan fingerprint density at radius 1 is 0.955 bits per heavy atom. The molecule has 0 atom stereocenters. The highest BCUT2D eigenvalue weighted by Gasteiger charge is 2.16. The molecule has 0 unspecified atom stereocenters. The molecule has 1 N–H and O–H groups in total. The topological polar surface area (TPSA) is 35.6 Å². The first-order valence-electron chi connectivity index (χ1n) is 8.65. The summed E-state index contributed by atoms with van der Waals surface area (Å²) in [7, 11) is 0. The Hall–Kier alpha value is -1.55. The van der Waals surface area contributed by atoms with E-state index in [1.165, 1.54) is 30.5 Å². The fourth-order valence-corrected chi connectivity index (χ4v) is 3.35. The van der Waals surface area contributed by atoms with E-state index in [1.807, 2.05) is 4.90 Å². The van der Waals surface area contributed by atoms with Gasteiger partial charge in [0.15, 0.2) is 0 Å². The highest BCUT2D eigenvalue weighted by molar-refractivity contribution is 5.76. The number of likely N-dealkylation sites (tertiary alicyclic amines) is 1. The summed E-state index contributed by atoms with van der Waals surface area (Å²) in [6.07, 6.45) is 5.12. The molecule has 4 heteroatoms. The minimum Gasteiger partial charge on any atom is -0.369 e. The summed E-state index contributed by atoms with van der Waals surface area (Å²) >= 11 is 0. The number of anilines is 1. The monoisotopic (exact) mass is 301 g/mol. The minimum atomic E-state index is 0.325. The predicted molar refractivity (Wildman–Crippen MR) is 90.3 cm³/mol. The largest absolute Gasteiger partial charge is 0.369 e. The molecule has 0 radical (unpaired) electrons. The summed E-state index contributed by atoms with van der Waals surface area (Å²) in [6, 6.07) is 8.76. The molecule has 3 rings (SSSR count). The van der Waals surface area contributed by atoms with Crippen molar-refractivity contribution in [3.8, 4) is 0 Å². The number of piperidine rings is 1. The number of nitrogens with zero attached hydrogens (tertiary/aromatic N) is 2. The Kier molecular flexibility index (Phi) is 5.33. The molecule has 0 spiro atoms. The average Bonchev–Trinajstić information content (AvgIpc) is 2.61. The second kappa shape index (κ2) is 7.63. The van der Waals surface area contributed by atoms with E-state index in [0.717, 1.165) is 45.7 Å². The summed E-state index contributed by atoms with van der Waals surface area (Å²) in [5.74, 6) is 0.325. The maximum atomic E-state index is 12.2. The van der Waals surface area contributed by atoms with Gasteiger partial charge in [0.2, 0.25) is 5.91 Å². The zero-order valence-corrected chi connectivity index (χ0v) is 13.4. The van der Waals surface area contributed by atoms with Crippen LogP contribution in [0.2, 0.25) is 0 Å². The van der Waals surface area contributed by atoms with Crippen LogP contribution in [-0.4, -0.2) is 50.1 Å². The number of hydrogen-bond acceptors (Lipinski definition) is 3. The molecule has 4 nitrogen and oxygen atoms in total. The van der Waals surface area contributed by atoms with Crippen molar-refractivity contribution in [1.29, 1.82) is 0 Å². The number of carbonyl (C=O) groups excluding carboxylic acids is 1. The van der Waals surface area contributed by atoms with Gasteiger partial charge in [-0.25, -0.2) is 0 Å². The molecule has 120 valence electrons. The molecule has 1 aromatic carbocycles. The van der Waals surface area contributed by atoms with Crippen LogP contribution in [0.25, 0.3) is 0 Å². The van der Waals surface area contributed by atoms with Crippen LogP contribution in [-0.2, 0) is 11.2 Å². The average molecular weight is 301 g/mol. The number of carbonyl (C=O) groups is 1. The van der Waals surface area contributed by atoms with Crippen molar-refractivity contribution >= 4 is 11.6 Å². The summed E-state index contributed by atoms with van der Waals surface area (Å²) in [5.41, 5.74) is 2.57. The van der Waals surface area contributed by atoms with E-state index in [-0.39, 0.29) is 0 Å². The third kappa shape index (κ3) is 4.01. The smallest absolute Gasteiger partial charge is 0.222 e. The van der Waals surface area contributed by atoms with Gasteiger partial charge in [0.05, 0.1) is 0 Å². The Morgan fingerprint density at radius 2 is 1.64 bits per heavy atom. The molecular weight excluding hydrogens is 274 g/mol. The maximum Gasteiger partial charge on any atom is 0.222 e. The lowest BCUT2D eigenvalue weighted by Crippen LogP contribution is -2.43. The van der Waals surface area contributed by atoms with Crippen LogP contribution in [0.15, 0.2) is 24.3 Å². The van der Waals surface area contributed by atoms with E-state index in [0.29, 0.717) is 12.3 Å². The highest BCUT2D eigenvalue weighted by Crippen LogP contribution is 2.17. The number of benzene rings is 1. The summed E-state index contributed by atoms with van der Waals surface area (Å²) < 4.78 is 0. The van der Waals surface area contributed by atoms with Crippen molar-refractivity contribution in [3.05, 3.63) is 29.8 Å². The van der Waals surface area contributed by atoms with Gasteiger partial charge >= 0.3 is 0 Å². The van der Waals surface area contributed by atoms with Gasteiger partial charge in [0.1, 0.15) is 0 Å². The first kappa shape index (κ1) is 15.3. The van der Waals surface area contributed by atoms with Gasteiger partial charge < -0.3 is 15.1 Å². The fraction of sp³-hybridized carbons (Fsp3) is 0.611. The number of rotatable bonds is 4. The molecule has 0 aromatic heterocycles. The quantitative estimate of drug-likeness (QED) is 0.924. The molecule has 2 saturated heterocycles. The molecule has 22 heavy (non-hydrogen) atoms. The van der Waals surface area contributed by atoms with E-state index in [9.17, 15) is 4.79 Å². The zero-order chi connectivity index (χ0) is 15.2. The lowest BCUT2D eigenvalue weighted by molar-refractivity contribution is -0.132. The maximum absolute atomic E-state index is 12.2. The molecule has 2 heterocycles. The first-order valence-corrected chi connectivity index (χ1v) is 8.65. The Morgan fingerprint density at radius 3 is 2.32 bits per heavy atom. The number of piperazine rings is 1. The summed E-state index contributed by atoms with van der Waals surface area (Å²) in [6.45, 7) is 6.19. The summed E-state index contributed by atoms with van der Waals surface area (Å²) in [4.78, 5) is 16.7. The van der Waals surface area contributed by atoms with Crippen LogP contribution >= 0.6 is 0 Å². The van der Waals surface area contributed by atoms with Gasteiger partial charge in [0.25, 0.3) is 0 Å². The molecule has 1 amide bonds. The van der Waals surface area contributed by atoms with Gasteiger partial charge in [-0.05, 0) is 43.4 Å². The number of hydrogen-bond donors (Lipinski definition) is 1. The van der Waals surface area contributed by atoms with Crippen LogP contribution in [0.3, 0.4) is 0 Å².